The van der Waals surface area contributed by atoms with Crippen LogP contribution in [0.1, 0.15) is 5.56 Å². The van der Waals surface area contributed by atoms with Crippen LogP contribution < -0.4 is 4.90 Å². The van der Waals surface area contributed by atoms with Gasteiger partial charge in [0.25, 0.3) is 5.69 Å². The standard InChI is InChI=1S/C20H13ClN2O2S/c21-16-10-6-12-18-20(16)26-19(13-22(18)14-7-2-1-3-8-14)15-9-4-5-11-17(15)23(24)25/h1-13H. The molecule has 3 aromatic carbocycles. The summed E-state index contributed by atoms with van der Waals surface area (Å²) in [4.78, 5) is 14.8. The molecule has 1 aliphatic rings. The van der Waals surface area contributed by atoms with Gasteiger partial charge >= 0.3 is 0 Å². The van der Waals surface area contributed by atoms with E-state index in [0.717, 1.165) is 21.2 Å². The van der Waals surface area contributed by atoms with Gasteiger partial charge in [0.1, 0.15) is 0 Å². The average molecular weight is 381 g/mol. The molecule has 0 fully saturated rings. The quantitative estimate of drug-likeness (QED) is 0.384. The summed E-state index contributed by atoms with van der Waals surface area (Å²) in [5.41, 5.74) is 2.58. The van der Waals surface area contributed by atoms with E-state index in [1.54, 1.807) is 18.2 Å². The maximum Gasteiger partial charge on any atom is 0.277 e. The molecule has 128 valence electrons. The van der Waals surface area contributed by atoms with Crippen LogP contribution in [0.2, 0.25) is 5.02 Å². The molecular weight excluding hydrogens is 368 g/mol. The number of nitro groups is 1. The van der Waals surface area contributed by atoms with Crippen LogP contribution >= 0.6 is 23.4 Å². The predicted molar refractivity (Wildman–Crippen MR) is 107 cm³/mol. The highest BCUT2D eigenvalue weighted by atomic mass is 35.5. The highest BCUT2D eigenvalue weighted by molar-refractivity contribution is 8.08. The van der Waals surface area contributed by atoms with Crippen molar-refractivity contribution in [3.05, 3.63) is 99.7 Å². The summed E-state index contributed by atoms with van der Waals surface area (Å²) in [5.74, 6) is 0. The van der Waals surface area contributed by atoms with Gasteiger partial charge in [0.05, 0.1) is 26.1 Å². The Morgan fingerprint density at radius 2 is 1.65 bits per heavy atom. The zero-order valence-electron chi connectivity index (χ0n) is 13.5. The smallest absolute Gasteiger partial charge is 0.277 e. The molecule has 0 aromatic heterocycles. The molecule has 0 radical (unpaired) electrons. The average Bonchev–Trinajstić information content (AvgIpc) is 2.68. The molecule has 0 aliphatic carbocycles. The second kappa shape index (κ2) is 6.86. The predicted octanol–water partition coefficient (Wildman–Crippen LogP) is 6.49. The molecule has 3 aromatic rings. The second-order valence-electron chi connectivity index (χ2n) is 5.66. The minimum absolute atomic E-state index is 0.0785. The van der Waals surface area contributed by atoms with Crippen molar-refractivity contribution < 1.29 is 4.92 Å². The fraction of sp³-hybridized carbons (Fsp3) is 0. The lowest BCUT2D eigenvalue weighted by molar-refractivity contribution is -0.385. The lowest BCUT2D eigenvalue weighted by Crippen LogP contribution is -2.13. The highest BCUT2D eigenvalue weighted by Gasteiger charge is 2.26. The zero-order chi connectivity index (χ0) is 18.1. The topological polar surface area (TPSA) is 46.4 Å². The maximum atomic E-state index is 11.5. The van der Waals surface area contributed by atoms with Gasteiger partial charge in [-0.1, -0.05) is 59.8 Å². The number of para-hydroxylation sites is 2. The van der Waals surface area contributed by atoms with Gasteiger partial charge in [-0.15, -0.1) is 0 Å². The summed E-state index contributed by atoms with van der Waals surface area (Å²) in [6.07, 6.45) is 1.93. The van der Waals surface area contributed by atoms with Crippen LogP contribution in [0, 0.1) is 10.1 Å². The lowest BCUT2D eigenvalue weighted by atomic mass is 10.1. The van der Waals surface area contributed by atoms with E-state index in [0.29, 0.717) is 10.6 Å². The number of thioether (sulfide) groups is 1. The summed E-state index contributed by atoms with van der Waals surface area (Å²) in [7, 11) is 0. The molecule has 0 unspecified atom stereocenters. The maximum absolute atomic E-state index is 11.5. The number of rotatable bonds is 3. The number of hydrogen-bond acceptors (Lipinski definition) is 4. The molecule has 4 nitrogen and oxygen atoms in total. The fourth-order valence-electron chi connectivity index (χ4n) is 2.88. The second-order valence-corrected chi connectivity index (χ2v) is 7.12. The minimum Gasteiger partial charge on any atom is -0.315 e. The number of fused-ring (bicyclic) bond motifs is 1. The first-order valence-corrected chi connectivity index (χ1v) is 9.11. The number of benzene rings is 3. The van der Waals surface area contributed by atoms with Gasteiger partial charge in [-0.2, -0.15) is 0 Å². The number of hydrogen-bond donors (Lipinski definition) is 0. The first-order valence-electron chi connectivity index (χ1n) is 7.91. The number of nitro benzene ring substituents is 1. The van der Waals surface area contributed by atoms with Gasteiger partial charge < -0.3 is 4.90 Å². The fourth-order valence-corrected chi connectivity index (χ4v) is 4.26. The number of nitrogens with zero attached hydrogens (tertiary/aromatic N) is 2. The Bertz CT molecular complexity index is 1020. The Morgan fingerprint density at radius 3 is 2.42 bits per heavy atom. The van der Waals surface area contributed by atoms with Crippen molar-refractivity contribution in [3.63, 3.8) is 0 Å². The first-order chi connectivity index (χ1) is 12.6. The van der Waals surface area contributed by atoms with Crippen molar-refractivity contribution >= 4 is 45.3 Å². The Balaban J connectivity index is 1.91. The Morgan fingerprint density at radius 1 is 0.923 bits per heavy atom. The summed E-state index contributed by atoms with van der Waals surface area (Å²) >= 11 is 7.89. The normalized spacial score (nSPS) is 13.1. The third-order valence-electron chi connectivity index (χ3n) is 4.06. The van der Waals surface area contributed by atoms with Crippen LogP contribution in [-0.2, 0) is 0 Å². The van der Waals surface area contributed by atoms with Gasteiger partial charge in [-0.25, -0.2) is 0 Å². The van der Waals surface area contributed by atoms with Gasteiger partial charge in [-0.3, -0.25) is 10.1 Å². The van der Waals surface area contributed by atoms with Gasteiger partial charge in [0.2, 0.25) is 0 Å². The summed E-state index contributed by atoms with van der Waals surface area (Å²) < 4.78 is 0. The summed E-state index contributed by atoms with van der Waals surface area (Å²) in [6, 6.07) is 22.3. The van der Waals surface area contributed by atoms with Crippen LogP contribution in [0.3, 0.4) is 0 Å². The first kappa shape index (κ1) is 16.7. The number of halogens is 1. The van der Waals surface area contributed by atoms with E-state index in [9.17, 15) is 10.1 Å². The van der Waals surface area contributed by atoms with Crippen LogP contribution in [0.25, 0.3) is 4.91 Å². The molecular formula is C20H13ClN2O2S. The Labute approximate surface area is 159 Å². The molecule has 0 saturated carbocycles. The molecule has 0 amide bonds. The molecule has 26 heavy (non-hydrogen) atoms. The molecule has 6 heteroatoms. The number of anilines is 2. The van der Waals surface area contributed by atoms with E-state index in [1.165, 1.54) is 17.8 Å². The van der Waals surface area contributed by atoms with Crippen LogP contribution in [0.15, 0.2) is 83.9 Å². The van der Waals surface area contributed by atoms with Gasteiger partial charge in [0.15, 0.2) is 0 Å². The van der Waals surface area contributed by atoms with Crippen molar-refractivity contribution in [2.45, 2.75) is 4.90 Å². The lowest BCUT2D eigenvalue weighted by Gasteiger charge is -2.29. The SMILES string of the molecule is O=[N+]([O-])c1ccccc1C1=CN(c2ccccc2)c2cccc(Cl)c2S1. The minimum atomic E-state index is -0.355. The van der Waals surface area contributed by atoms with Crippen molar-refractivity contribution in [3.8, 4) is 0 Å². The molecule has 0 atom stereocenters. The van der Waals surface area contributed by atoms with Crippen LogP contribution in [0.5, 0.6) is 0 Å². The van der Waals surface area contributed by atoms with E-state index >= 15 is 0 Å². The van der Waals surface area contributed by atoms with E-state index in [2.05, 4.69) is 0 Å². The van der Waals surface area contributed by atoms with Crippen LogP contribution in [-0.4, -0.2) is 4.92 Å². The van der Waals surface area contributed by atoms with E-state index in [1.807, 2.05) is 59.6 Å². The molecule has 0 saturated heterocycles. The van der Waals surface area contributed by atoms with Crippen LogP contribution in [0.4, 0.5) is 17.1 Å². The van der Waals surface area contributed by atoms with Crippen molar-refractivity contribution in [2.75, 3.05) is 4.90 Å². The van der Waals surface area contributed by atoms with E-state index in [-0.39, 0.29) is 10.6 Å². The van der Waals surface area contributed by atoms with Crippen molar-refractivity contribution in [1.29, 1.82) is 0 Å². The zero-order valence-corrected chi connectivity index (χ0v) is 15.1. The largest absolute Gasteiger partial charge is 0.315 e. The van der Waals surface area contributed by atoms with Crippen molar-refractivity contribution in [2.24, 2.45) is 0 Å². The third-order valence-corrected chi connectivity index (χ3v) is 5.67. The molecule has 4 rings (SSSR count). The summed E-state index contributed by atoms with van der Waals surface area (Å²) in [5, 5.41) is 12.1. The molecule has 1 heterocycles. The molecule has 0 spiro atoms. The summed E-state index contributed by atoms with van der Waals surface area (Å²) in [6.45, 7) is 0. The Kier molecular flexibility index (Phi) is 4.41. The third kappa shape index (κ3) is 2.96. The monoisotopic (exact) mass is 380 g/mol. The van der Waals surface area contributed by atoms with Gasteiger partial charge in [0, 0.05) is 22.9 Å². The van der Waals surface area contributed by atoms with E-state index < -0.39 is 0 Å². The van der Waals surface area contributed by atoms with Crippen molar-refractivity contribution in [1.82, 2.24) is 0 Å². The Hall–Kier alpha value is -2.76. The molecule has 1 aliphatic heterocycles. The molecule has 0 bridgehead atoms. The van der Waals surface area contributed by atoms with Gasteiger partial charge in [-0.05, 0) is 30.3 Å². The molecule has 0 N–H and O–H groups in total. The highest BCUT2D eigenvalue weighted by Crippen LogP contribution is 2.50. The van der Waals surface area contributed by atoms with E-state index in [4.69, 9.17) is 11.6 Å².